The zero-order valence-corrected chi connectivity index (χ0v) is 11.2. The van der Waals surface area contributed by atoms with Crippen LogP contribution in [-0.4, -0.2) is 6.29 Å². The molecule has 0 radical (unpaired) electrons. The van der Waals surface area contributed by atoms with Crippen molar-refractivity contribution in [3.05, 3.63) is 53.6 Å². The maximum atomic E-state index is 11.1. The van der Waals surface area contributed by atoms with Crippen molar-refractivity contribution in [2.24, 2.45) is 5.92 Å². The second-order valence-corrected chi connectivity index (χ2v) is 5.31. The Bertz CT molecular complexity index is 639. The number of aldehydes is 1. The molecule has 1 fully saturated rings. The summed E-state index contributed by atoms with van der Waals surface area (Å²) < 4.78 is 0. The molecular formula is C18H18O. The summed E-state index contributed by atoms with van der Waals surface area (Å²) in [5, 5.41) is 2.53. The molecule has 0 aromatic heterocycles. The van der Waals surface area contributed by atoms with Gasteiger partial charge in [-0.25, -0.2) is 0 Å². The third-order valence-corrected chi connectivity index (χ3v) is 4.20. The summed E-state index contributed by atoms with van der Waals surface area (Å²) in [5.41, 5.74) is 2.60. The molecule has 0 N–H and O–H groups in total. The summed E-state index contributed by atoms with van der Waals surface area (Å²) in [6.07, 6.45) is 7.52. The SMILES string of the molecule is C/C=C\c1cc2ccccc2cc1C1CCC1C=O. The minimum absolute atomic E-state index is 0.213. The van der Waals surface area contributed by atoms with E-state index < -0.39 is 0 Å². The van der Waals surface area contributed by atoms with Gasteiger partial charge in [0.15, 0.2) is 0 Å². The monoisotopic (exact) mass is 250 g/mol. The van der Waals surface area contributed by atoms with Gasteiger partial charge in [0.1, 0.15) is 6.29 Å². The summed E-state index contributed by atoms with van der Waals surface area (Å²) in [7, 11) is 0. The first kappa shape index (κ1) is 12.2. The number of hydrogen-bond donors (Lipinski definition) is 0. The van der Waals surface area contributed by atoms with Crippen LogP contribution in [0.1, 0.15) is 36.8 Å². The summed E-state index contributed by atoms with van der Waals surface area (Å²) in [6, 6.07) is 12.9. The van der Waals surface area contributed by atoms with Gasteiger partial charge >= 0.3 is 0 Å². The van der Waals surface area contributed by atoms with Crippen molar-refractivity contribution in [1.82, 2.24) is 0 Å². The van der Waals surface area contributed by atoms with Crippen LogP contribution in [0.3, 0.4) is 0 Å². The molecule has 1 aliphatic rings. The average molecular weight is 250 g/mol. The zero-order valence-electron chi connectivity index (χ0n) is 11.2. The molecule has 1 nitrogen and oxygen atoms in total. The smallest absolute Gasteiger partial charge is 0.123 e. The molecular weight excluding hydrogens is 232 g/mol. The molecule has 0 aliphatic heterocycles. The van der Waals surface area contributed by atoms with Crippen molar-refractivity contribution in [1.29, 1.82) is 0 Å². The van der Waals surface area contributed by atoms with E-state index in [1.165, 1.54) is 21.9 Å². The molecule has 0 bridgehead atoms. The summed E-state index contributed by atoms with van der Waals surface area (Å²) in [5.74, 6) is 0.624. The van der Waals surface area contributed by atoms with Gasteiger partial charge in [0.25, 0.3) is 0 Å². The molecule has 1 aliphatic carbocycles. The lowest BCUT2D eigenvalue weighted by molar-refractivity contribution is -0.113. The van der Waals surface area contributed by atoms with E-state index in [0.29, 0.717) is 5.92 Å². The first-order valence-electron chi connectivity index (χ1n) is 6.94. The number of allylic oxidation sites excluding steroid dienone is 1. The Kier molecular flexibility index (Phi) is 3.20. The van der Waals surface area contributed by atoms with E-state index >= 15 is 0 Å². The Morgan fingerprint density at radius 2 is 1.84 bits per heavy atom. The Labute approximate surface area is 113 Å². The van der Waals surface area contributed by atoms with Crippen molar-refractivity contribution < 1.29 is 4.79 Å². The molecule has 2 aromatic rings. The molecule has 1 heteroatoms. The van der Waals surface area contributed by atoms with Crippen molar-refractivity contribution in [2.75, 3.05) is 0 Å². The summed E-state index contributed by atoms with van der Waals surface area (Å²) in [6.45, 7) is 2.04. The van der Waals surface area contributed by atoms with Gasteiger partial charge in [0, 0.05) is 5.92 Å². The summed E-state index contributed by atoms with van der Waals surface area (Å²) >= 11 is 0. The first-order valence-corrected chi connectivity index (χ1v) is 6.94. The molecule has 2 atom stereocenters. The molecule has 0 saturated heterocycles. The molecule has 0 amide bonds. The number of benzene rings is 2. The Balaban J connectivity index is 2.15. The van der Waals surface area contributed by atoms with E-state index in [1.54, 1.807) is 0 Å². The highest BCUT2D eigenvalue weighted by Gasteiger charge is 2.32. The average Bonchev–Trinajstić information content (AvgIpc) is 2.39. The number of hydrogen-bond acceptors (Lipinski definition) is 1. The molecule has 2 unspecified atom stereocenters. The van der Waals surface area contributed by atoms with Gasteiger partial charge in [-0.15, -0.1) is 0 Å². The predicted octanol–water partition coefficient (Wildman–Crippen LogP) is 4.57. The molecule has 1 saturated carbocycles. The first-order chi connectivity index (χ1) is 9.33. The van der Waals surface area contributed by atoms with Gasteiger partial charge in [0.05, 0.1) is 0 Å². The van der Waals surface area contributed by atoms with Crippen LogP contribution < -0.4 is 0 Å². The minimum Gasteiger partial charge on any atom is -0.303 e. The number of carbonyl (C=O) groups is 1. The van der Waals surface area contributed by atoms with Crippen LogP contribution in [0.15, 0.2) is 42.5 Å². The standard InChI is InChI=1S/C18H18O/c1-2-5-15-10-13-6-3-4-7-14(13)11-18(15)17-9-8-16(17)12-19/h2-7,10-12,16-17H,8-9H2,1H3/b5-2-. The molecule has 96 valence electrons. The number of fused-ring (bicyclic) bond motifs is 1. The normalized spacial score (nSPS) is 22.6. The topological polar surface area (TPSA) is 17.1 Å². The fourth-order valence-electron chi connectivity index (χ4n) is 3.00. The number of rotatable bonds is 3. The molecule has 3 rings (SSSR count). The minimum atomic E-state index is 0.213. The van der Waals surface area contributed by atoms with Crippen LogP contribution in [0, 0.1) is 5.92 Å². The van der Waals surface area contributed by atoms with Crippen LogP contribution in [0.4, 0.5) is 0 Å². The van der Waals surface area contributed by atoms with Crippen LogP contribution >= 0.6 is 0 Å². The lowest BCUT2D eigenvalue weighted by Crippen LogP contribution is -2.25. The van der Waals surface area contributed by atoms with Crippen molar-refractivity contribution >= 4 is 23.1 Å². The Hall–Kier alpha value is -1.89. The highest BCUT2D eigenvalue weighted by molar-refractivity contribution is 5.86. The van der Waals surface area contributed by atoms with Crippen molar-refractivity contribution in [2.45, 2.75) is 25.7 Å². The van der Waals surface area contributed by atoms with Crippen LogP contribution in [0.2, 0.25) is 0 Å². The van der Waals surface area contributed by atoms with Crippen molar-refractivity contribution in [3.8, 4) is 0 Å². The maximum absolute atomic E-state index is 11.1. The van der Waals surface area contributed by atoms with E-state index in [4.69, 9.17) is 0 Å². The van der Waals surface area contributed by atoms with Gasteiger partial charge in [-0.3, -0.25) is 0 Å². The Morgan fingerprint density at radius 3 is 2.42 bits per heavy atom. The highest BCUT2D eigenvalue weighted by Crippen LogP contribution is 2.43. The molecule has 19 heavy (non-hydrogen) atoms. The fraction of sp³-hybridized carbons (Fsp3) is 0.278. The zero-order chi connectivity index (χ0) is 13.2. The van der Waals surface area contributed by atoms with E-state index in [1.807, 2.05) is 6.92 Å². The lowest BCUT2D eigenvalue weighted by atomic mass is 9.69. The van der Waals surface area contributed by atoms with Gasteiger partial charge in [-0.1, -0.05) is 42.5 Å². The quantitative estimate of drug-likeness (QED) is 0.729. The maximum Gasteiger partial charge on any atom is 0.123 e. The second-order valence-electron chi connectivity index (χ2n) is 5.31. The van der Waals surface area contributed by atoms with Crippen LogP contribution in [0.5, 0.6) is 0 Å². The molecule has 0 heterocycles. The van der Waals surface area contributed by atoms with E-state index in [2.05, 4.69) is 48.6 Å². The van der Waals surface area contributed by atoms with Gasteiger partial charge in [-0.05, 0) is 53.6 Å². The van der Waals surface area contributed by atoms with E-state index in [0.717, 1.165) is 19.1 Å². The van der Waals surface area contributed by atoms with Gasteiger partial charge in [-0.2, -0.15) is 0 Å². The van der Waals surface area contributed by atoms with Gasteiger partial charge < -0.3 is 4.79 Å². The predicted molar refractivity (Wildman–Crippen MR) is 80.2 cm³/mol. The highest BCUT2D eigenvalue weighted by atomic mass is 16.1. The van der Waals surface area contributed by atoms with E-state index in [-0.39, 0.29) is 5.92 Å². The largest absolute Gasteiger partial charge is 0.303 e. The third kappa shape index (κ3) is 2.10. The molecule has 0 spiro atoms. The molecule has 2 aromatic carbocycles. The Morgan fingerprint density at radius 1 is 1.11 bits per heavy atom. The third-order valence-electron chi connectivity index (χ3n) is 4.20. The number of carbonyl (C=O) groups excluding carboxylic acids is 1. The second kappa shape index (κ2) is 5.00. The van der Waals surface area contributed by atoms with Gasteiger partial charge in [0.2, 0.25) is 0 Å². The van der Waals surface area contributed by atoms with Crippen LogP contribution in [0.25, 0.3) is 16.8 Å². The van der Waals surface area contributed by atoms with E-state index in [9.17, 15) is 4.79 Å². The fourth-order valence-corrected chi connectivity index (χ4v) is 3.00. The summed E-state index contributed by atoms with van der Waals surface area (Å²) in [4.78, 5) is 11.1. The van der Waals surface area contributed by atoms with Crippen molar-refractivity contribution in [3.63, 3.8) is 0 Å². The van der Waals surface area contributed by atoms with Crippen LogP contribution in [-0.2, 0) is 4.79 Å². The lowest BCUT2D eigenvalue weighted by Gasteiger charge is -2.34.